The lowest BCUT2D eigenvalue weighted by molar-refractivity contribution is -0.158. The quantitative estimate of drug-likeness (QED) is 0.537. The molecule has 0 unspecified atom stereocenters. The van der Waals surface area contributed by atoms with E-state index in [1.165, 1.54) is 24.3 Å². The van der Waals surface area contributed by atoms with Gasteiger partial charge in [0.25, 0.3) is 5.91 Å². The van der Waals surface area contributed by atoms with E-state index in [1.54, 1.807) is 0 Å². The number of benzene rings is 1. The summed E-state index contributed by atoms with van der Waals surface area (Å²) in [4.78, 5) is 48.0. The number of rotatable bonds is 7. The van der Waals surface area contributed by atoms with Crippen LogP contribution in [0.5, 0.6) is 0 Å². The summed E-state index contributed by atoms with van der Waals surface area (Å²) in [6, 6.07) is 6.07. The van der Waals surface area contributed by atoms with Gasteiger partial charge in [0, 0.05) is 5.56 Å². The first-order valence-electron chi connectivity index (χ1n) is 7.41. The van der Waals surface area contributed by atoms with Gasteiger partial charge in [-0.05, 0) is 24.3 Å². The van der Waals surface area contributed by atoms with Crippen LogP contribution >= 0.6 is 0 Å². The molecule has 0 saturated carbocycles. The van der Waals surface area contributed by atoms with E-state index in [2.05, 4.69) is 19.5 Å². The van der Waals surface area contributed by atoms with E-state index in [0.717, 1.165) is 21.3 Å². The van der Waals surface area contributed by atoms with Crippen LogP contribution in [-0.4, -0.2) is 51.2 Å². The van der Waals surface area contributed by atoms with Gasteiger partial charge in [0.1, 0.15) is 6.04 Å². The number of amides is 1. The zero-order valence-corrected chi connectivity index (χ0v) is 14.5. The van der Waals surface area contributed by atoms with Gasteiger partial charge in [0.2, 0.25) is 0 Å². The van der Waals surface area contributed by atoms with Gasteiger partial charge >= 0.3 is 17.9 Å². The fraction of sp³-hybridized carbons (Fsp3) is 0.353. The van der Waals surface area contributed by atoms with Crippen molar-refractivity contribution < 1.29 is 33.4 Å². The maximum atomic E-state index is 12.4. The van der Waals surface area contributed by atoms with Gasteiger partial charge in [-0.3, -0.25) is 14.4 Å². The first-order valence-corrected chi connectivity index (χ1v) is 7.41. The van der Waals surface area contributed by atoms with Crippen molar-refractivity contribution in [3.05, 3.63) is 35.4 Å². The van der Waals surface area contributed by atoms with Crippen LogP contribution in [-0.2, 0) is 28.6 Å². The van der Waals surface area contributed by atoms with Gasteiger partial charge in [0.05, 0.1) is 45.3 Å². The van der Waals surface area contributed by atoms with Gasteiger partial charge in [-0.2, -0.15) is 5.26 Å². The van der Waals surface area contributed by atoms with Crippen molar-refractivity contribution in [2.24, 2.45) is 5.92 Å². The molecule has 0 bridgehead atoms. The topological polar surface area (TPSA) is 132 Å². The molecule has 1 N–H and O–H groups in total. The summed E-state index contributed by atoms with van der Waals surface area (Å²) in [6.45, 7) is 0. The molecular weight excluding hydrogens is 344 g/mol. The van der Waals surface area contributed by atoms with Crippen LogP contribution in [0.25, 0.3) is 0 Å². The number of hydrogen-bond acceptors (Lipinski definition) is 8. The summed E-state index contributed by atoms with van der Waals surface area (Å²) < 4.78 is 13.7. The zero-order valence-electron chi connectivity index (χ0n) is 14.5. The minimum atomic E-state index is -1.46. The Hall–Kier alpha value is -3.41. The first kappa shape index (κ1) is 20.6. The highest BCUT2D eigenvalue weighted by Gasteiger charge is 2.38. The van der Waals surface area contributed by atoms with Crippen molar-refractivity contribution >= 4 is 23.8 Å². The summed E-state index contributed by atoms with van der Waals surface area (Å²) in [5.74, 6) is -4.59. The molecule has 1 aromatic carbocycles. The molecule has 138 valence electrons. The Balaban J connectivity index is 3.11. The summed E-state index contributed by atoms with van der Waals surface area (Å²) >= 11 is 0. The Labute approximate surface area is 149 Å². The molecular formula is C17H18N2O7. The van der Waals surface area contributed by atoms with Crippen LogP contribution in [0.3, 0.4) is 0 Å². The zero-order chi connectivity index (χ0) is 19.7. The van der Waals surface area contributed by atoms with E-state index in [0.29, 0.717) is 5.56 Å². The van der Waals surface area contributed by atoms with Gasteiger partial charge in [-0.1, -0.05) is 0 Å². The fourth-order valence-corrected chi connectivity index (χ4v) is 2.12. The van der Waals surface area contributed by atoms with Gasteiger partial charge < -0.3 is 19.5 Å². The third-order valence-electron chi connectivity index (χ3n) is 3.54. The Morgan fingerprint density at radius 1 is 1.00 bits per heavy atom. The normalized spacial score (nSPS) is 12.1. The minimum absolute atomic E-state index is 0.152. The van der Waals surface area contributed by atoms with Crippen LogP contribution in [0, 0.1) is 17.2 Å². The average molecular weight is 362 g/mol. The number of carbonyl (C=O) groups excluding carboxylic acids is 4. The molecule has 0 heterocycles. The Kier molecular flexibility index (Phi) is 7.76. The third kappa shape index (κ3) is 5.31. The van der Waals surface area contributed by atoms with Crippen molar-refractivity contribution in [2.75, 3.05) is 21.3 Å². The number of nitrogens with one attached hydrogen (secondary N) is 1. The molecule has 0 fully saturated rings. The SMILES string of the molecule is COC(=O)C[C@H](C(=O)OC)[C@H](NC(=O)c1ccc(C#N)cc1)C(=O)OC. The van der Waals surface area contributed by atoms with Crippen molar-refractivity contribution in [3.63, 3.8) is 0 Å². The average Bonchev–Trinajstić information content (AvgIpc) is 2.68. The van der Waals surface area contributed by atoms with Crippen molar-refractivity contribution in [1.29, 1.82) is 5.26 Å². The summed E-state index contributed by atoms with van der Waals surface area (Å²) in [7, 11) is 3.29. The number of esters is 3. The standard InChI is InChI=1S/C17H18N2O7/c1-24-13(20)8-12(16(22)25-2)14(17(23)26-3)19-15(21)11-6-4-10(9-18)5-7-11/h4-7,12,14H,8H2,1-3H3,(H,19,21)/t12-,14-/m0/s1. The molecule has 1 rings (SSSR count). The molecule has 0 radical (unpaired) electrons. The fourth-order valence-electron chi connectivity index (χ4n) is 2.12. The van der Waals surface area contributed by atoms with E-state index < -0.39 is 42.2 Å². The summed E-state index contributed by atoms with van der Waals surface area (Å²) in [5.41, 5.74) is 0.504. The number of nitrogens with zero attached hydrogens (tertiary/aromatic N) is 1. The molecule has 0 aliphatic rings. The van der Waals surface area contributed by atoms with E-state index in [4.69, 9.17) is 5.26 Å². The number of carbonyl (C=O) groups is 4. The maximum Gasteiger partial charge on any atom is 0.329 e. The highest BCUT2D eigenvalue weighted by atomic mass is 16.5. The maximum absolute atomic E-state index is 12.4. The highest BCUT2D eigenvalue weighted by Crippen LogP contribution is 2.15. The molecule has 0 aliphatic heterocycles. The predicted octanol–water partition coefficient (Wildman–Crippen LogP) is 0.182. The van der Waals surface area contributed by atoms with Crippen LogP contribution in [0.15, 0.2) is 24.3 Å². The molecule has 9 heteroatoms. The predicted molar refractivity (Wildman–Crippen MR) is 86.6 cm³/mol. The van der Waals surface area contributed by atoms with Gasteiger partial charge in [-0.25, -0.2) is 4.79 Å². The van der Waals surface area contributed by atoms with Crippen LogP contribution < -0.4 is 5.32 Å². The largest absolute Gasteiger partial charge is 0.469 e. The summed E-state index contributed by atoms with van der Waals surface area (Å²) in [6.07, 6.45) is -0.489. The smallest absolute Gasteiger partial charge is 0.329 e. The molecule has 0 aromatic heterocycles. The second-order valence-corrected chi connectivity index (χ2v) is 5.07. The number of hydrogen-bond donors (Lipinski definition) is 1. The van der Waals surface area contributed by atoms with Crippen molar-refractivity contribution in [3.8, 4) is 6.07 Å². The number of ether oxygens (including phenoxy) is 3. The van der Waals surface area contributed by atoms with E-state index in [1.807, 2.05) is 6.07 Å². The lowest BCUT2D eigenvalue weighted by atomic mass is 9.95. The van der Waals surface area contributed by atoms with E-state index >= 15 is 0 Å². The Bertz CT molecular complexity index is 722. The van der Waals surface area contributed by atoms with Gasteiger partial charge in [0.15, 0.2) is 0 Å². The lowest BCUT2D eigenvalue weighted by Crippen LogP contribution is -2.50. The molecule has 0 aliphatic carbocycles. The number of methoxy groups -OCH3 is 3. The molecule has 1 amide bonds. The van der Waals surface area contributed by atoms with Crippen LogP contribution in [0.1, 0.15) is 22.3 Å². The Morgan fingerprint density at radius 2 is 1.58 bits per heavy atom. The second-order valence-electron chi connectivity index (χ2n) is 5.07. The van der Waals surface area contributed by atoms with E-state index in [-0.39, 0.29) is 5.56 Å². The molecule has 9 nitrogen and oxygen atoms in total. The minimum Gasteiger partial charge on any atom is -0.469 e. The number of nitriles is 1. The second kappa shape index (κ2) is 9.78. The van der Waals surface area contributed by atoms with Crippen molar-refractivity contribution in [1.82, 2.24) is 5.32 Å². The monoisotopic (exact) mass is 362 g/mol. The Morgan fingerprint density at radius 3 is 2.04 bits per heavy atom. The molecule has 0 spiro atoms. The van der Waals surface area contributed by atoms with Gasteiger partial charge in [-0.15, -0.1) is 0 Å². The van der Waals surface area contributed by atoms with E-state index in [9.17, 15) is 19.2 Å². The highest BCUT2D eigenvalue weighted by molar-refractivity contribution is 5.98. The summed E-state index contributed by atoms with van der Waals surface area (Å²) in [5, 5.41) is 11.1. The van der Waals surface area contributed by atoms with Crippen molar-refractivity contribution in [2.45, 2.75) is 12.5 Å². The lowest BCUT2D eigenvalue weighted by Gasteiger charge is -2.23. The molecule has 26 heavy (non-hydrogen) atoms. The molecule has 2 atom stereocenters. The third-order valence-corrected chi connectivity index (χ3v) is 3.54. The van der Waals surface area contributed by atoms with Crippen LogP contribution in [0.2, 0.25) is 0 Å². The van der Waals surface area contributed by atoms with Crippen LogP contribution in [0.4, 0.5) is 0 Å². The molecule has 1 aromatic rings. The first-order chi connectivity index (χ1) is 12.4. The molecule has 0 saturated heterocycles.